The lowest BCUT2D eigenvalue weighted by Crippen LogP contribution is -2.10. The Morgan fingerprint density at radius 3 is 2.92 bits per heavy atom. The zero-order valence-electron chi connectivity index (χ0n) is 7.21. The molecule has 0 fully saturated rings. The van der Waals surface area contributed by atoms with Crippen molar-refractivity contribution in [3.05, 3.63) is 11.6 Å². The number of aromatic amines is 1. The van der Waals surface area contributed by atoms with Crippen LogP contribution in [0.2, 0.25) is 0 Å². The molecule has 0 spiro atoms. The molecular formula is C7H14N4O. The molecule has 0 saturated carbocycles. The minimum atomic E-state index is 0.563. The van der Waals surface area contributed by atoms with Gasteiger partial charge in [-0.25, -0.2) is 4.98 Å². The average Bonchev–Trinajstić information content (AvgIpc) is 2.45. The maximum absolute atomic E-state index is 5.25. The number of rotatable bonds is 5. The predicted molar refractivity (Wildman–Crippen MR) is 44.7 cm³/mol. The van der Waals surface area contributed by atoms with Crippen molar-refractivity contribution in [2.75, 3.05) is 19.8 Å². The van der Waals surface area contributed by atoms with Crippen LogP contribution in [0.15, 0.2) is 0 Å². The van der Waals surface area contributed by atoms with E-state index in [1.807, 2.05) is 6.92 Å². The van der Waals surface area contributed by atoms with Crippen LogP contribution in [0.3, 0.4) is 0 Å². The molecule has 0 radical (unpaired) electrons. The zero-order valence-corrected chi connectivity index (χ0v) is 7.21. The molecule has 0 atom stereocenters. The van der Waals surface area contributed by atoms with Crippen molar-refractivity contribution in [1.82, 2.24) is 15.2 Å². The first-order chi connectivity index (χ1) is 5.83. The Kier molecular flexibility index (Phi) is 3.69. The van der Waals surface area contributed by atoms with Gasteiger partial charge in [0.05, 0.1) is 13.2 Å². The fourth-order valence-corrected chi connectivity index (χ4v) is 0.850. The van der Waals surface area contributed by atoms with E-state index in [0.29, 0.717) is 19.8 Å². The normalized spacial score (nSPS) is 10.5. The highest BCUT2D eigenvalue weighted by Crippen LogP contribution is 1.91. The van der Waals surface area contributed by atoms with Crippen molar-refractivity contribution in [3.8, 4) is 0 Å². The molecule has 68 valence electrons. The van der Waals surface area contributed by atoms with Crippen LogP contribution in [-0.2, 0) is 11.2 Å². The standard InChI is InChI=1S/C7H14N4O/c1-6-9-7(11-10-6)2-4-12-5-3-8/h2-5,8H2,1H3,(H,9,10,11). The van der Waals surface area contributed by atoms with E-state index in [0.717, 1.165) is 18.1 Å². The lowest BCUT2D eigenvalue weighted by Gasteiger charge is -1.97. The van der Waals surface area contributed by atoms with Gasteiger partial charge in [-0.2, -0.15) is 5.10 Å². The molecule has 5 nitrogen and oxygen atoms in total. The minimum Gasteiger partial charge on any atom is -0.380 e. The molecule has 5 heteroatoms. The highest BCUT2D eigenvalue weighted by Gasteiger charge is 1.98. The van der Waals surface area contributed by atoms with Gasteiger partial charge in [0.25, 0.3) is 0 Å². The maximum atomic E-state index is 5.25. The molecule has 1 aromatic heterocycles. The lowest BCUT2D eigenvalue weighted by molar-refractivity contribution is 0.143. The first kappa shape index (κ1) is 9.15. The number of aryl methyl sites for hydroxylation is 1. The average molecular weight is 170 g/mol. The van der Waals surface area contributed by atoms with Crippen LogP contribution in [0.1, 0.15) is 11.6 Å². The van der Waals surface area contributed by atoms with Crippen LogP contribution in [0.4, 0.5) is 0 Å². The molecule has 0 amide bonds. The summed E-state index contributed by atoms with van der Waals surface area (Å²) >= 11 is 0. The second-order valence-corrected chi connectivity index (χ2v) is 2.49. The summed E-state index contributed by atoms with van der Waals surface area (Å²) in [7, 11) is 0. The van der Waals surface area contributed by atoms with Crippen molar-refractivity contribution < 1.29 is 4.74 Å². The second kappa shape index (κ2) is 4.84. The van der Waals surface area contributed by atoms with Crippen LogP contribution in [0.5, 0.6) is 0 Å². The van der Waals surface area contributed by atoms with E-state index in [-0.39, 0.29) is 0 Å². The molecule has 0 saturated heterocycles. The van der Waals surface area contributed by atoms with Gasteiger partial charge in [-0.3, -0.25) is 5.10 Å². The van der Waals surface area contributed by atoms with Gasteiger partial charge in [0.1, 0.15) is 5.82 Å². The first-order valence-corrected chi connectivity index (χ1v) is 3.98. The second-order valence-electron chi connectivity index (χ2n) is 2.49. The highest BCUT2D eigenvalue weighted by atomic mass is 16.5. The fourth-order valence-electron chi connectivity index (χ4n) is 0.850. The third-order valence-electron chi connectivity index (χ3n) is 1.38. The summed E-state index contributed by atoms with van der Waals surface area (Å²) in [6, 6.07) is 0. The Labute approximate surface area is 71.3 Å². The first-order valence-electron chi connectivity index (χ1n) is 3.98. The molecule has 12 heavy (non-hydrogen) atoms. The van der Waals surface area contributed by atoms with Gasteiger partial charge in [-0.15, -0.1) is 0 Å². The third kappa shape index (κ3) is 2.98. The third-order valence-corrected chi connectivity index (χ3v) is 1.38. The monoisotopic (exact) mass is 170 g/mol. The summed E-state index contributed by atoms with van der Waals surface area (Å²) in [5, 5.41) is 6.73. The van der Waals surface area contributed by atoms with Gasteiger partial charge in [-0.1, -0.05) is 0 Å². The van der Waals surface area contributed by atoms with Crippen molar-refractivity contribution in [1.29, 1.82) is 0 Å². The number of aromatic nitrogens is 3. The van der Waals surface area contributed by atoms with Crippen molar-refractivity contribution >= 4 is 0 Å². The number of nitrogens with one attached hydrogen (secondary N) is 1. The Balaban J connectivity index is 2.15. The highest BCUT2D eigenvalue weighted by molar-refractivity contribution is 4.87. The van der Waals surface area contributed by atoms with Crippen molar-refractivity contribution in [3.63, 3.8) is 0 Å². The minimum absolute atomic E-state index is 0.563. The summed E-state index contributed by atoms with van der Waals surface area (Å²) < 4.78 is 5.18. The smallest absolute Gasteiger partial charge is 0.152 e. The number of H-pyrrole nitrogens is 1. The number of hydrogen-bond donors (Lipinski definition) is 2. The Bertz CT molecular complexity index is 223. The molecule has 0 unspecified atom stereocenters. The molecule has 0 aliphatic carbocycles. The lowest BCUT2D eigenvalue weighted by atomic mass is 10.4. The zero-order chi connectivity index (χ0) is 8.81. The van der Waals surface area contributed by atoms with Crippen LogP contribution in [0.25, 0.3) is 0 Å². The SMILES string of the molecule is Cc1nc(CCOCCN)n[nH]1. The van der Waals surface area contributed by atoms with Crippen molar-refractivity contribution in [2.45, 2.75) is 13.3 Å². The summed E-state index contributed by atoms with van der Waals surface area (Å²) in [6.07, 6.45) is 0.740. The quantitative estimate of drug-likeness (QED) is 0.591. The van der Waals surface area contributed by atoms with Crippen LogP contribution in [-0.4, -0.2) is 34.9 Å². The molecule has 0 aliphatic rings. The van der Waals surface area contributed by atoms with E-state index >= 15 is 0 Å². The number of nitrogens with zero attached hydrogens (tertiary/aromatic N) is 2. The van der Waals surface area contributed by atoms with Gasteiger partial charge < -0.3 is 10.5 Å². The topological polar surface area (TPSA) is 76.8 Å². The van der Waals surface area contributed by atoms with Crippen molar-refractivity contribution in [2.24, 2.45) is 5.73 Å². The maximum Gasteiger partial charge on any atom is 0.152 e. The van der Waals surface area contributed by atoms with E-state index in [1.165, 1.54) is 0 Å². The predicted octanol–water partition coefficient (Wildman–Crippen LogP) is -0.369. The van der Waals surface area contributed by atoms with Gasteiger partial charge in [0.2, 0.25) is 0 Å². The van der Waals surface area contributed by atoms with Gasteiger partial charge in [0.15, 0.2) is 5.82 Å². The molecular weight excluding hydrogens is 156 g/mol. The Morgan fingerprint density at radius 2 is 2.33 bits per heavy atom. The molecule has 0 aromatic carbocycles. The van der Waals surface area contributed by atoms with E-state index in [4.69, 9.17) is 10.5 Å². The summed E-state index contributed by atoms with van der Waals surface area (Å²) in [4.78, 5) is 4.13. The Morgan fingerprint density at radius 1 is 1.50 bits per heavy atom. The van der Waals surface area contributed by atoms with Gasteiger partial charge in [0, 0.05) is 13.0 Å². The summed E-state index contributed by atoms with van der Waals surface area (Å²) in [5.41, 5.74) is 5.25. The molecule has 3 N–H and O–H groups in total. The van der Waals surface area contributed by atoms with E-state index in [9.17, 15) is 0 Å². The summed E-state index contributed by atoms with van der Waals surface area (Å²) in [5.74, 6) is 1.63. The molecule has 1 aromatic rings. The van der Waals surface area contributed by atoms with Gasteiger partial charge >= 0.3 is 0 Å². The van der Waals surface area contributed by atoms with Crippen LogP contribution < -0.4 is 5.73 Å². The van der Waals surface area contributed by atoms with Crippen LogP contribution in [0, 0.1) is 6.92 Å². The Hall–Kier alpha value is -0.940. The molecule has 0 aliphatic heterocycles. The number of ether oxygens (including phenoxy) is 1. The summed E-state index contributed by atoms with van der Waals surface area (Å²) in [6.45, 7) is 3.67. The van der Waals surface area contributed by atoms with E-state index in [2.05, 4.69) is 15.2 Å². The fraction of sp³-hybridized carbons (Fsp3) is 0.714. The van der Waals surface area contributed by atoms with E-state index in [1.54, 1.807) is 0 Å². The van der Waals surface area contributed by atoms with E-state index < -0.39 is 0 Å². The molecule has 1 heterocycles. The van der Waals surface area contributed by atoms with Crippen LogP contribution >= 0.6 is 0 Å². The molecule has 1 rings (SSSR count). The number of nitrogens with two attached hydrogens (primary N) is 1. The van der Waals surface area contributed by atoms with Gasteiger partial charge in [-0.05, 0) is 6.92 Å². The molecule has 0 bridgehead atoms. The number of hydrogen-bond acceptors (Lipinski definition) is 4. The largest absolute Gasteiger partial charge is 0.380 e.